The third kappa shape index (κ3) is 8.71. The molecule has 0 radical (unpaired) electrons. The van der Waals surface area contributed by atoms with Gasteiger partial charge in [0.25, 0.3) is 0 Å². The first-order chi connectivity index (χ1) is 20.4. The normalized spacial score (nSPS) is 16.8. The Hall–Kier alpha value is 0.200. The Bertz CT molecular complexity index is 1000. The van der Waals surface area contributed by atoms with Gasteiger partial charge in [-0.1, -0.05) is 53.4 Å². The molecule has 0 atom stereocenters. The van der Waals surface area contributed by atoms with Gasteiger partial charge in [0.1, 0.15) is 0 Å². The van der Waals surface area contributed by atoms with Crippen molar-refractivity contribution in [2.45, 2.75) is 105 Å². The van der Waals surface area contributed by atoms with Crippen LogP contribution in [0.5, 0.6) is 0 Å². The van der Waals surface area contributed by atoms with E-state index in [0.717, 1.165) is 130 Å². The van der Waals surface area contributed by atoms with Gasteiger partial charge < -0.3 is 18.9 Å². The zero-order valence-corrected chi connectivity index (χ0v) is 31.2. The summed E-state index contributed by atoms with van der Waals surface area (Å²) in [4.78, 5) is 2.89. The number of unbranched alkanes of at least 4 members (excludes halogenated alkanes) is 4. The molecule has 238 valence electrons. The van der Waals surface area contributed by atoms with Crippen molar-refractivity contribution in [3.8, 4) is 9.75 Å². The second-order valence-corrected chi connectivity index (χ2v) is 17.3. The topological polar surface area (TPSA) is 36.9 Å². The summed E-state index contributed by atoms with van der Waals surface area (Å²) in [5, 5.41) is 0. The first kappa shape index (κ1) is 35.1. The lowest BCUT2D eigenvalue weighted by atomic mass is 9.86. The van der Waals surface area contributed by atoms with E-state index in [4.69, 9.17) is 18.9 Å². The molecule has 0 fully saturated rings. The minimum atomic E-state index is 0.0130. The lowest BCUT2D eigenvalue weighted by Crippen LogP contribution is -2.34. The number of thiophene rings is 2. The highest BCUT2D eigenvalue weighted by molar-refractivity contribution is 9.11. The predicted molar refractivity (Wildman–Crippen MR) is 186 cm³/mol. The monoisotopic (exact) mass is 746 g/mol. The molecule has 4 nitrogen and oxygen atoms in total. The van der Waals surface area contributed by atoms with Crippen LogP contribution >= 0.6 is 54.5 Å². The quantitative estimate of drug-likeness (QED) is 0.119. The van der Waals surface area contributed by atoms with Gasteiger partial charge in [0.05, 0.1) is 34.0 Å². The number of hydrogen-bond donors (Lipinski definition) is 0. The molecule has 0 aliphatic heterocycles. The Morgan fingerprint density at radius 3 is 1.07 bits per heavy atom. The predicted octanol–water partition coefficient (Wildman–Crippen LogP) is 10.4. The van der Waals surface area contributed by atoms with Crippen LogP contribution in [0.3, 0.4) is 0 Å². The molecular formula is C34H52Br2O4S2. The van der Waals surface area contributed by atoms with E-state index >= 15 is 0 Å². The molecule has 0 N–H and O–H groups in total. The van der Waals surface area contributed by atoms with E-state index in [-0.39, 0.29) is 10.8 Å². The van der Waals surface area contributed by atoms with Gasteiger partial charge in [-0.25, -0.2) is 0 Å². The largest absolute Gasteiger partial charge is 0.381 e. The van der Waals surface area contributed by atoms with E-state index in [1.165, 1.54) is 39.6 Å². The summed E-state index contributed by atoms with van der Waals surface area (Å²) in [7, 11) is 0. The highest BCUT2D eigenvalue weighted by Crippen LogP contribution is 2.56. The fourth-order valence-corrected chi connectivity index (χ4v) is 10.3. The van der Waals surface area contributed by atoms with Crippen molar-refractivity contribution < 1.29 is 18.9 Å². The smallest absolute Gasteiger partial charge is 0.0740 e. The third-order valence-corrected chi connectivity index (χ3v) is 13.0. The van der Waals surface area contributed by atoms with E-state index in [1.54, 1.807) is 0 Å². The van der Waals surface area contributed by atoms with Crippen molar-refractivity contribution in [1.29, 1.82) is 0 Å². The molecule has 4 rings (SSSR count). The highest BCUT2D eigenvalue weighted by Gasteiger charge is 2.45. The van der Waals surface area contributed by atoms with Crippen molar-refractivity contribution in [3.05, 3.63) is 29.8 Å². The Kier molecular flexibility index (Phi) is 14.4. The van der Waals surface area contributed by atoms with Gasteiger partial charge in [-0.15, -0.1) is 22.7 Å². The molecule has 0 aromatic carbocycles. The average Bonchev–Trinajstić information content (AvgIpc) is 3.70. The average molecular weight is 749 g/mol. The molecule has 0 spiro atoms. The summed E-state index contributed by atoms with van der Waals surface area (Å²) in [5.74, 6) is 0. The molecule has 8 heteroatoms. The minimum absolute atomic E-state index is 0.0130. The number of rotatable bonds is 21. The Labute approximate surface area is 279 Å². The van der Waals surface area contributed by atoms with E-state index in [9.17, 15) is 0 Å². The molecular weight excluding hydrogens is 696 g/mol. The van der Waals surface area contributed by atoms with Gasteiger partial charge in [-0.3, -0.25) is 0 Å². The van der Waals surface area contributed by atoms with Crippen molar-refractivity contribution in [3.63, 3.8) is 0 Å². The van der Waals surface area contributed by atoms with Gasteiger partial charge >= 0.3 is 0 Å². The number of fused-ring (bicyclic) bond motifs is 2. The number of hydrogen-bond acceptors (Lipinski definition) is 6. The Morgan fingerprint density at radius 1 is 0.500 bits per heavy atom. The molecule has 2 aromatic rings. The SMILES string of the molecule is CCCCOCC1(COCCCC)Cc2c(Br)sc(-c3sc(Br)c4c3CC(COCCCC)(COCCCC)C4)c2C1. The summed E-state index contributed by atoms with van der Waals surface area (Å²) in [5.41, 5.74) is 6.00. The molecule has 0 bridgehead atoms. The minimum Gasteiger partial charge on any atom is -0.381 e. The summed E-state index contributed by atoms with van der Waals surface area (Å²) in [6.07, 6.45) is 13.2. The van der Waals surface area contributed by atoms with Gasteiger partial charge in [-0.05, 0) is 105 Å². The van der Waals surface area contributed by atoms with Crippen LogP contribution in [0, 0.1) is 10.8 Å². The standard InChI is InChI=1S/C34H52Br2O4S2/c1-5-9-13-37-21-33(22-38-14-10-6-2)17-25-27(19-33)31(35)41-29(25)30-26-18-34(23-39-15-11-7-3,24-40-16-12-8-4)20-28(26)32(36)42-30/h5-24H2,1-4H3. The first-order valence-corrected chi connectivity index (χ1v) is 19.5. The molecule has 0 saturated heterocycles. The van der Waals surface area contributed by atoms with Crippen LogP contribution in [0.2, 0.25) is 0 Å². The maximum atomic E-state index is 6.29. The third-order valence-electron chi connectivity index (χ3n) is 8.75. The molecule has 2 heterocycles. The maximum Gasteiger partial charge on any atom is 0.0740 e. The fraction of sp³-hybridized carbons (Fsp3) is 0.765. The highest BCUT2D eigenvalue weighted by atomic mass is 79.9. The lowest BCUT2D eigenvalue weighted by molar-refractivity contribution is -0.0189. The summed E-state index contributed by atoms with van der Waals surface area (Å²) < 4.78 is 27.7. The molecule has 2 aliphatic carbocycles. The summed E-state index contributed by atoms with van der Waals surface area (Å²) in [6.45, 7) is 15.3. The van der Waals surface area contributed by atoms with Crippen LogP contribution in [-0.2, 0) is 44.6 Å². The Morgan fingerprint density at radius 2 is 0.786 bits per heavy atom. The lowest BCUT2D eigenvalue weighted by Gasteiger charge is -2.29. The van der Waals surface area contributed by atoms with Gasteiger partial charge in [0, 0.05) is 47.0 Å². The molecule has 2 aliphatic rings. The van der Waals surface area contributed by atoms with E-state index in [1.807, 2.05) is 22.7 Å². The van der Waals surface area contributed by atoms with Gasteiger partial charge in [0.2, 0.25) is 0 Å². The van der Waals surface area contributed by atoms with Gasteiger partial charge in [-0.2, -0.15) is 0 Å². The Balaban J connectivity index is 1.58. The van der Waals surface area contributed by atoms with Crippen LogP contribution in [-0.4, -0.2) is 52.9 Å². The van der Waals surface area contributed by atoms with Crippen molar-refractivity contribution in [2.24, 2.45) is 10.8 Å². The number of halogens is 2. The summed E-state index contributed by atoms with van der Waals surface area (Å²) >= 11 is 11.9. The van der Waals surface area contributed by atoms with Crippen LogP contribution in [0.1, 0.15) is 101 Å². The van der Waals surface area contributed by atoms with E-state index in [0.29, 0.717) is 0 Å². The molecule has 42 heavy (non-hydrogen) atoms. The zero-order chi connectivity index (χ0) is 30.0. The molecule has 2 aromatic heterocycles. The maximum absolute atomic E-state index is 6.29. The molecule has 0 saturated carbocycles. The zero-order valence-electron chi connectivity index (χ0n) is 26.3. The van der Waals surface area contributed by atoms with Gasteiger partial charge in [0.15, 0.2) is 0 Å². The molecule has 0 unspecified atom stereocenters. The number of ether oxygens (including phenoxy) is 4. The van der Waals surface area contributed by atoms with Crippen LogP contribution in [0.15, 0.2) is 7.57 Å². The van der Waals surface area contributed by atoms with Crippen LogP contribution < -0.4 is 0 Å². The van der Waals surface area contributed by atoms with E-state index in [2.05, 4.69) is 59.6 Å². The van der Waals surface area contributed by atoms with E-state index < -0.39 is 0 Å². The second-order valence-electron chi connectivity index (χ2n) is 12.7. The van der Waals surface area contributed by atoms with Crippen molar-refractivity contribution >= 4 is 54.5 Å². The summed E-state index contributed by atoms with van der Waals surface area (Å²) in [6, 6.07) is 0. The van der Waals surface area contributed by atoms with Crippen LogP contribution in [0.4, 0.5) is 0 Å². The molecule has 0 amide bonds. The first-order valence-electron chi connectivity index (χ1n) is 16.3. The van der Waals surface area contributed by atoms with Crippen molar-refractivity contribution in [1.82, 2.24) is 0 Å². The van der Waals surface area contributed by atoms with Crippen LogP contribution in [0.25, 0.3) is 9.75 Å². The van der Waals surface area contributed by atoms with Crippen molar-refractivity contribution in [2.75, 3.05) is 52.9 Å². The fourth-order valence-electron chi connectivity index (χ4n) is 6.29. The second kappa shape index (κ2) is 17.2.